The summed E-state index contributed by atoms with van der Waals surface area (Å²) in [6.45, 7) is 0.425. The van der Waals surface area contributed by atoms with E-state index in [1.165, 1.54) is 4.90 Å². The standard InChI is InChI=1S/C15H13ClN2O4/c16-11-3-1-9(2-4-11)13-6-12(22-17-13)8-18-7-10(15(20)21)5-14(18)19/h1-4,6,10H,5,7-8H2,(H,20,21). The third-order valence-electron chi connectivity index (χ3n) is 3.61. The Morgan fingerprint density at radius 2 is 2.14 bits per heavy atom. The van der Waals surface area contributed by atoms with Crippen LogP contribution >= 0.6 is 11.6 Å². The molecule has 2 heterocycles. The molecule has 1 aliphatic heterocycles. The van der Waals surface area contributed by atoms with Crippen LogP contribution in [0.25, 0.3) is 11.3 Å². The fraction of sp³-hybridized carbons (Fsp3) is 0.267. The average molecular weight is 321 g/mol. The van der Waals surface area contributed by atoms with Crippen LogP contribution in [0.4, 0.5) is 0 Å². The Bertz CT molecular complexity index is 711. The molecule has 0 radical (unpaired) electrons. The summed E-state index contributed by atoms with van der Waals surface area (Å²) >= 11 is 5.84. The summed E-state index contributed by atoms with van der Waals surface area (Å²) < 4.78 is 5.23. The summed E-state index contributed by atoms with van der Waals surface area (Å²) in [4.78, 5) is 24.2. The van der Waals surface area contributed by atoms with Crippen molar-refractivity contribution in [1.29, 1.82) is 0 Å². The van der Waals surface area contributed by atoms with E-state index >= 15 is 0 Å². The molecule has 22 heavy (non-hydrogen) atoms. The predicted molar refractivity (Wildman–Crippen MR) is 78.1 cm³/mol. The molecule has 2 aromatic rings. The van der Waals surface area contributed by atoms with Crippen LogP contribution in [0.15, 0.2) is 34.9 Å². The molecule has 1 fully saturated rings. The summed E-state index contributed by atoms with van der Waals surface area (Å²) in [6.07, 6.45) is 0.0352. The Morgan fingerprint density at radius 1 is 1.41 bits per heavy atom. The summed E-state index contributed by atoms with van der Waals surface area (Å²) in [6, 6.07) is 8.90. The molecule has 1 aromatic heterocycles. The number of halogens is 1. The minimum Gasteiger partial charge on any atom is -0.481 e. The molecule has 1 N–H and O–H groups in total. The van der Waals surface area contributed by atoms with Crippen molar-refractivity contribution < 1.29 is 19.2 Å². The monoisotopic (exact) mass is 320 g/mol. The van der Waals surface area contributed by atoms with Gasteiger partial charge < -0.3 is 14.5 Å². The molecular weight excluding hydrogens is 308 g/mol. The van der Waals surface area contributed by atoms with Crippen LogP contribution < -0.4 is 0 Å². The summed E-state index contributed by atoms with van der Waals surface area (Å²) in [5.41, 5.74) is 1.50. The van der Waals surface area contributed by atoms with Gasteiger partial charge in [-0.05, 0) is 12.1 Å². The van der Waals surface area contributed by atoms with Gasteiger partial charge in [-0.3, -0.25) is 9.59 Å². The molecule has 1 amide bonds. The largest absolute Gasteiger partial charge is 0.481 e. The van der Waals surface area contributed by atoms with Crippen molar-refractivity contribution in [2.24, 2.45) is 5.92 Å². The van der Waals surface area contributed by atoms with Gasteiger partial charge in [-0.1, -0.05) is 28.9 Å². The molecule has 0 saturated carbocycles. The van der Waals surface area contributed by atoms with Crippen molar-refractivity contribution in [2.45, 2.75) is 13.0 Å². The first-order valence-corrected chi connectivity index (χ1v) is 7.13. The Kier molecular flexibility index (Phi) is 3.85. The Balaban J connectivity index is 1.71. The highest BCUT2D eigenvalue weighted by Gasteiger charge is 2.34. The van der Waals surface area contributed by atoms with Crippen molar-refractivity contribution in [1.82, 2.24) is 10.1 Å². The highest BCUT2D eigenvalue weighted by molar-refractivity contribution is 6.30. The zero-order valence-corrected chi connectivity index (χ0v) is 12.3. The van der Waals surface area contributed by atoms with Gasteiger partial charge >= 0.3 is 5.97 Å². The van der Waals surface area contributed by atoms with E-state index < -0.39 is 11.9 Å². The highest BCUT2D eigenvalue weighted by Crippen LogP contribution is 2.24. The van der Waals surface area contributed by atoms with Gasteiger partial charge in [-0.25, -0.2) is 0 Å². The van der Waals surface area contributed by atoms with Crippen molar-refractivity contribution in [3.63, 3.8) is 0 Å². The van der Waals surface area contributed by atoms with Crippen LogP contribution in [0.1, 0.15) is 12.2 Å². The van der Waals surface area contributed by atoms with Gasteiger partial charge in [0, 0.05) is 29.6 Å². The maximum absolute atomic E-state index is 11.8. The zero-order chi connectivity index (χ0) is 15.7. The number of nitrogens with zero attached hydrogens (tertiary/aromatic N) is 2. The van der Waals surface area contributed by atoms with Crippen molar-refractivity contribution in [3.05, 3.63) is 41.1 Å². The number of benzene rings is 1. The normalized spacial score (nSPS) is 18.0. The van der Waals surface area contributed by atoms with Crippen molar-refractivity contribution >= 4 is 23.5 Å². The molecule has 1 unspecified atom stereocenters. The van der Waals surface area contributed by atoms with Gasteiger partial charge in [0.2, 0.25) is 5.91 Å². The molecule has 0 aliphatic carbocycles. The third-order valence-corrected chi connectivity index (χ3v) is 3.86. The number of likely N-dealkylation sites (tertiary alicyclic amines) is 1. The van der Waals surface area contributed by atoms with Crippen molar-refractivity contribution in [2.75, 3.05) is 6.54 Å². The summed E-state index contributed by atoms with van der Waals surface area (Å²) in [7, 11) is 0. The lowest BCUT2D eigenvalue weighted by atomic mass is 10.1. The number of aromatic nitrogens is 1. The molecule has 7 heteroatoms. The molecular formula is C15H13ClN2O4. The van der Waals surface area contributed by atoms with Crippen LogP contribution in [-0.2, 0) is 16.1 Å². The van der Waals surface area contributed by atoms with Gasteiger partial charge in [-0.2, -0.15) is 0 Å². The lowest BCUT2D eigenvalue weighted by Crippen LogP contribution is -2.25. The number of carbonyl (C=O) groups is 2. The molecule has 0 bridgehead atoms. The molecule has 1 atom stereocenters. The van der Waals surface area contributed by atoms with E-state index in [4.69, 9.17) is 21.2 Å². The maximum Gasteiger partial charge on any atom is 0.308 e. The number of carboxylic acid groups (broad SMARTS) is 1. The molecule has 114 valence electrons. The quantitative estimate of drug-likeness (QED) is 0.935. The van der Waals surface area contributed by atoms with E-state index in [9.17, 15) is 9.59 Å². The van der Waals surface area contributed by atoms with Gasteiger partial charge in [0.25, 0.3) is 0 Å². The fourth-order valence-electron chi connectivity index (χ4n) is 2.42. The van der Waals surface area contributed by atoms with Crippen LogP contribution in [0.3, 0.4) is 0 Å². The number of hydrogen-bond donors (Lipinski definition) is 1. The summed E-state index contributed by atoms with van der Waals surface area (Å²) in [5, 5.41) is 13.6. The lowest BCUT2D eigenvalue weighted by molar-refractivity contribution is -0.141. The molecule has 1 aromatic carbocycles. The Labute approximate surface area is 131 Å². The third kappa shape index (κ3) is 2.96. The van der Waals surface area contributed by atoms with Crippen LogP contribution in [0, 0.1) is 5.92 Å². The number of aliphatic carboxylic acids is 1. The van der Waals surface area contributed by atoms with Gasteiger partial charge in [0.05, 0.1) is 12.5 Å². The second kappa shape index (κ2) is 5.81. The smallest absolute Gasteiger partial charge is 0.308 e. The number of rotatable bonds is 4. The van der Waals surface area contributed by atoms with Crippen LogP contribution in [0.5, 0.6) is 0 Å². The molecule has 6 nitrogen and oxygen atoms in total. The fourth-order valence-corrected chi connectivity index (χ4v) is 2.55. The lowest BCUT2D eigenvalue weighted by Gasteiger charge is -2.13. The van der Waals surface area contributed by atoms with E-state index in [-0.39, 0.29) is 25.4 Å². The Hall–Kier alpha value is -2.34. The summed E-state index contributed by atoms with van der Waals surface area (Å²) in [5.74, 6) is -1.26. The topological polar surface area (TPSA) is 83.6 Å². The molecule has 1 saturated heterocycles. The van der Waals surface area contributed by atoms with Gasteiger partial charge in [0.15, 0.2) is 5.76 Å². The first-order chi connectivity index (χ1) is 10.5. The predicted octanol–water partition coefficient (Wildman–Crippen LogP) is 2.43. The van der Waals surface area contributed by atoms with E-state index in [0.29, 0.717) is 16.5 Å². The molecule has 3 rings (SSSR count). The van der Waals surface area contributed by atoms with E-state index in [1.54, 1.807) is 18.2 Å². The molecule has 0 spiro atoms. The zero-order valence-electron chi connectivity index (χ0n) is 11.5. The maximum atomic E-state index is 11.8. The van der Waals surface area contributed by atoms with Crippen molar-refractivity contribution in [3.8, 4) is 11.3 Å². The SMILES string of the molecule is O=C(O)C1CC(=O)N(Cc2cc(-c3ccc(Cl)cc3)no2)C1. The number of carboxylic acids is 1. The van der Waals surface area contributed by atoms with E-state index in [2.05, 4.69) is 5.16 Å². The first-order valence-electron chi connectivity index (χ1n) is 6.75. The van der Waals surface area contributed by atoms with Gasteiger partial charge in [-0.15, -0.1) is 0 Å². The van der Waals surface area contributed by atoms with Gasteiger partial charge in [0.1, 0.15) is 5.69 Å². The van der Waals surface area contributed by atoms with E-state index in [1.807, 2.05) is 12.1 Å². The molecule has 1 aliphatic rings. The Morgan fingerprint density at radius 3 is 2.77 bits per heavy atom. The van der Waals surface area contributed by atoms with Crippen LogP contribution in [-0.4, -0.2) is 33.6 Å². The minimum atomic E-state index is -0.949. The average Bonchev–Trinajstić information content (AvgIpc) is 3.08. The van der Waals surface area contributed by atoms with Crippen LogP contribution in [0.2, 0.25) is 5.02 Å². The minimum absolute atomic E-state index is 0.0352. The highest BCUT2D eigenvalue weighted by atomic mass is 35.5. The number of amides is 1. The second-order valence-corrected chi connectivity index (χ2v) is 5.64. The second-order valence-electron chi connectivity index (χ2n) is 5.20. The van der Waals surface area contributed by atoms with E-state index in [0.717, 1.165) is 5.56 Å². The number of carbonyl (C=O) groups excluding carboxylic acids is 1. The number of hydrogen-bond acceptors (Lipinski definition) is 4. The first kappa shape index (κ1) is 14.6.